The average Bonchev–Trinajstić information content (AvgIpc) is 3.34. The summed E-state index contributed by atoms with van der Waals surface area (Å²) in [6.45, 7) is 14.5. The van der Waals surface area contributed by atoms with Gasteiger partial charge in [-0.05, 0) is 197 Å². The molecule has 7 heteroatoms. The monoisotopic (exact) mass is 908 g/mol. The largest absolute Gasteiger partial charge is 0.496 e. The zero-order chi connectivity index (χ0) is 48.8. The normalized spacial score (nSPS) is 11.1. The summed E-state index contributed by atoms with van der Waals surface area (Å²) in [5, 5.41) is 0. The fraction of sp³-hybridized carbons (Fsp3) is 0.279. The number of carbonyl (C=O) groups is 2. The van der Waals surface area contributed by atoms with Crippen LogP contribution in [0.25, 0.3) is 22.3 Å². The van der Waals surface area contributed by atoms with Crippen LogP contribution in [0.15, 0.2) is 109 Å². The maximum Gasteiger partial charge on any atom is 0.337 e. The number of aryl methyl sites for hydroxylation is 6. The zero-order valence-electron chi connectivity index (χ0n) is 41.8. The molecule has 0 aliphatic heterocycles. The van der Waals surface area contributed by atoms with Crippen LogP contribution in [-0.2, 0) is 36.8 Å². The minimum atomic E-state index is -0.371. The third-order valence-corrected chi connectivity index (χ3v) is 13.5. The van der Waals surface area contributed by atoms with Gasteiger partial charge in [0.25, 0.3) is 0 Å². The van der Waals surface area contributed by atoms with Crippen molar-refractivity contribution in [3.63, 3.8) is 0 Å². The van der Waals surface area contributed by atoms with E-state index < -0.39 is 0 Å². The highest BCUT2D eigenvalue weighted by molar-refractivity contribution is 5.94. The highest BCUT2D eigenvalue weighted by atomic mass is 16.5. The first-order chi connectivity index (χ1) is 32.7. The lowest BCUT2D eigenvalue weighted by Crippen LogP contribution is -2.04. The van der Waals surface area contributed by atoms with Crippen molar-refractivity contribution in [2.45, 2.75) is 80.6 Å². The molecule has 0 aliphatic rings. The van der Waals surface area contributed by atoms with Gasteiger partial charge in [-0.15, -0.1) is 0 Å². The number of benzene rings is 7. The second kappa shape index (κ2) is 21.2. The van der Waals surface area contributed by atoms with E-state index in [4.69, 9.17) is 23.7 Å². The van der Waals surface area contributed by atoms with Gasteiger partial charge in [-0.2, -0.15) is 0 Å². The third kappa shape index (κ3) is 10.5. The maximum atomic E-state index is 12.3. The van der Waals surface area contributed by atoms with E-state index in [9.17, 15) is 9.59 Å². The van der Waals surface area contributed by atoms with E-state index in [1.165, 1.54) is 40.5 Å². The third-order valence-electron chi connectivity index (χ3n) is 13.5. The predicted octanol–water partition coefficient (Wildman–Crippen LogP) is 13.5. The molecule has 0 atom stereocenters. The minimum Gasteiger partial charge on any atom is -0.496 e. The predicted molar refractivity (Wildman–Crippen MR) is 275 cm³/mol. The van der Waals surface area contributed by atoms with Gasteiger partial charge in [-0.3, -0.25) is 4.79 Å². The Kier molecular flexibility index (Phi) is 15.2. The molecule has 0 spiro atoms. The lowest BCUT2D eigenvalue weighted by Gasteiger charge is -2.20. The van der Waals surface area contributed by atoms with Crippen LogP contribution >= 0.6 is 0 Å². The molecule has 0 fully saturated rings. The summed E-state index contributed by atoms with van der Waals surface area (Å²) in [7, 11) is 8.36. The van der Waals surface area contributed by atoms with Crippen LogP contribution in [0, 0.1) is 34.6 Å². The highest BCUT2D eigenvalue weighted by Crippen LogP contribution is 2.38. The maximum absolute atomic E-state index is 12.3. The second-order valence-electron chi connectivity index (χ2n) is 17.9. The molecule has 350 valence electrons. The number of ketones is 1. The first-order valence-electron chi connectivity index (χ1n) is 23.3. The van der Waals surface area contributed by atoms with Crippen molar-refractivity contribution in [2.24, 2.45) is 0 Å². The van der Waals surface area contributed by atoms with Gasteiger partial charge in [0.2, 0.25) is 0 Å². The Morgan fingerprint density at radius 3 is 1.10 bits per heavy atom. The van der Waals surface area contributed by atoms with Crippen molar-refractivity contribution in [1.82, 2.24) is 0 Å². The summed E-state index contributed by atoms with van der Waals surface area (Å²) in [6.07, 6.45) is 3.68. The molecule has 0 bridgehead atoms. The molecule has 0 radical (unpaired) electrons. The van der Waals surface area contributed by atoms with E-state index in [2.05, 4.69) is 102 Å². The number of ether oxygens (including phenoxy) is 5. The van der Waals surface area contributed by atoms with Gasteiger partial charge in [-0.25, -0.2) is 4.79 Å². The number of methoxy groups -OCH3 is 5. The van der Waals surface area contributed by atoms with E-state index in [1.54, 1.807) is 35.4 Å². The summed E-state index contributed by atoms with van der Waals surface area (Å²) < 4.78 is 29.0. The average molecular weight is 909 g/mol. The Hall–Kier alpha value is -7.12. The summed E-state index contributed by atoms with van der Waals surface area (Å²) in [5.41, 5.74) is 21.7. The van der Waals surface area contributed by atoms with Crippen LogP contribution in [0.2, 0.25) is 0 Å². The molecule has 0 aromatic heterocycles. The van der Waals surface area contributed by atoms with Gasteiger partial charge in [0.1, 0.15) is 23.0 Å². The van der Waals surface area contributed by atoms with Gasteiger partial charge < -0.3 is 23.7 Å². The Labute approximate surface area is 403 Å². The van der Waals surface area contributed by atoms with E-state index in [1.807, 2.05) is 48.5 Å². The molecule has 0 saturated heterocycles. The highest BCUT2D eigenvalue weighted by Gasteiger charge is 2.19. The van der Waals surface area contributed by atoms with E-state index in [-0.39, 0.29) is 11.8 Å². The van der Waals surface area contributed by atoms with Crippen LogP contribution in [0.4, 0.5) is 0 Å². The van der Waals surface area contributed by atoms with Crippen molar-refractivity contribution in [3.05, 3.63) is 198 Å². The molecule has 7 aromatic rings. The molecular weight excluding hydrogens is 845 g/mol. The first-order valence-corrected chi connectivity index (χ1v) is 23.3. The molecule has 7 aromatic carbocycles. The Balaban J connectivity index is 1.18. The minimum absolute atomic E-state index is 0.0368. The summed E-state index contributed by atoms with van der Waals surface area (Å²) in [4.78, 5) is 24.4. The summed E-state index contributed by atoms with van der Waals surface area (Å²) in [6, 6.07) is 37.6. The van der Waals surface area contributed by atoms with Crippen molar-refractivity contribution in [1.29, 1.82) is 0 Å². The zero-order valence-corrected chi connectivity index (χ0v) is 41.8. The molecule has 7 rings (SSSR count). The number of esters is 1. The van der Waals surface area contributed by atoms with Crippen LogP contribution in [0.5, 0.6) is 23.0 Å². The number of hydrogen-bond donors (Lipinski definition) is 0. The van der Waals surface area contributed by atoms with Crippen molar-refractivity contribution < 1.29 is 33.3 Å². The van der Waals surface area contributed by atoms with Gasteiger partial charge in [0.15, 0.2) is 5.78 Å². The lowest BCUT2D eigenvalue weighted by atomic mass is 9.86. The van der Waals surface area contributed by atoms with Gasteiger partial charge in [-0.1, -0.05) is 73.7 Å². The molecule has 7 nitrogen and oxygen atoms in total. The SMILES string of the molecule is CCc1cc(C)c(Cc2cc(C)c(Cc3cc(C)c(Cc4cc(C)c(Cc5cc(-c6ccc(C(C)=O)cc6)c(C)cc5-c5ccc(C(=O)OC)cc5)cc4OC)cc3OC)cc2OC)cc1OC. The van der Waals surface area contributed by atoms with E-state index in [0.29, 0.717) is 30.4 Å². The fourth-order valence-corrected chi connectivity index (χ4v) is 9.46. The number of hydrogen-bond acceptors (Lipinski definition) is 7. The lowest BCUT2D eigenvalue weighted by molar-refractivity contribution is 0.0600. The van der Waals surface area contributed by atoms with E-state index in [0.717, 1.165) is 103 Å². The van der Waals surface area contributed by atoms with Crippen molar-refractivity contribution in [2.75, 3.05) is 35.5 Å². The Bertz CT molecular complexity index is 2990. The Morgan fingerprint density at radius 1 is 0.382 bits per heavy atom. The molecule has 0 amide bonds. The summed E-state index contributed by atoms with van der Waals surface area (Å²) >= 11 is 0. The molecule has 0 unspecified atom stereocenters. The summed E-state index contributed by atoms with van der Waals surface area (Å²) in [5.74, 6) is 3.13. The second-order valence-corrected chi connectivity index (χ2v) is 17.9. The van der Waals surface area contributed by atoms with Gasteiger partial charge in [0.05, 0.1) is 41.1 Å². The number of carbonyl (C=O) groups excluding carboxylic acids is 2. The molecule has 0 N–H and O–H groups in total. The quantitative estimate of drug-likeness (QED) is 0.0665. The van der Waals surface area contributed by atoms with Crippen LogP contribution in [0.1, 0.15) is 112 Å². The number of Topliss-reactive ketones (excluding diaryl/α,β-unsaturated/α-hetero) is 1. The van der Waals surface area contributed by atoms with E-state index >= 15 is 0 Å². The molecule has 0 heterocycles. The van der Waals surface area contributed by atoms with Gasteiger partial charge in [0, 0.05) is 24.8 Å². The molecule has 0 saturated carbocycles. The Morgan fingerprint density at radius 2 is 0.735 bits per heavy atom. The van der Waals surface area contributed by atoms with Crippen molar-refractivity contribution >= 4 is 11.8 Å². The number of rotatable bonds is 17. The first kappa shape index (κ1) is 48.8. The van der Waals surface area contributed by atoms with Gasteiger partial charge >= 0.3 is 5.97 Å². The van der Waals surface area contributed by atoms with Crippen LogP contribution < -0.4 is 18.9 Å². The molecular formula is C61H64O7. The van der Waals surface area contributed by atoms with Crippen LogP contribution in [-0.4, -0.2) is 47.3 Å². The van der Waals surface area contributed by atoms with Crippen LogP contribution in [0.3, 0.4) is 0 Å². The fourth-order valence-electron chi connectivity index (χ4n) is 9.46. The topological polar surface area (TPSA) is 80.3 Å². The smallest absolute Gasteiger partial charge is 0.337 e. The molecule has 68 heavy (non-hydrogen) atoms. The molecule has 0 aliphatic carbocycles. The standard InChI is InChI=1S/C61H64O7/c1-13-42-22-36(2)48(32-57(42)64-8)28-53-24-38(4)50(34-59(53)66-10)30-54-25-39(5)49(35-60(54)67-11)29-52-23-37(3)47(33-58(52)65-9)27-51-31-55(44-16-14-43(15-17-44)41(7)62)40(6)26-56(51)45-18-20-46(21-19-45)61(63)68-12/h14-26,31-35H,13,27-30H2,1-12H3. The van der Waals surface area contributed by atoms with Crippen molar-refractivity contribution in [3.8, 4) is 45.3 Å².